The van der Waals surface area contributed by atoms with Crippen molar-refractivity contribution in [3.05, 3.63) is 52.3 Å². The largest absolute Gasteiger partial charge is 0.397 e. The quantitative estimate of drug-likeness (QED) is 0.733. The first-order valence-corrected chi connectivity index (χ1v) is 9.71. The summed E-state index contributed by atoms with van der Waals surface area (Å²) in [6.45, 7) is 6.58. The predicted molar refractivity (Wildman–Crippen MR) is 108 cm³/mol. The number of aryl methyl sites for hydroxylation is 2. The molecule has 5 nitrogen and oxygen atoms in total. The Labute approximate surface area is 161 Å². The fourth-order valence-electron chi connectivity index (χ4n) is 3.35. The molecule has 2 aromatic heterocycles. The molecule has 0 unspecified atom stereocenters. The van der Waals surface area contributed by atoms with Crippen LogP contribution in [-0.4, -0.2) is 42.0 Å². The number of thiophene rings is 1. The van der Waals surface area contributed by atoms with Gasteiger partial charge in [0, 0.05) is 42.9 Å². The number of aromatic nitrogens is 1. The van der Waals surface area contributed by atoms with Crippen molar-refractivity contribution in [3.8, 4) is 0 Å². The summed E-state index contributed by atoms with van der Waals surface area (Å²) < 4.78 is 13.1. The first-order valence-electron chi connectivity index (χ1n) is 8.90. The van der Waals surface area contributed by atoms with Gasteiger partial charge in [0.05, 0.1) is 5.69 Å². The number of amides is 1. The van der Waals surface area contributed by atoms with E-state index in [4.69, 9.17) is 5.73 Å². The van der Waals surface area contributed by atoms with Crippen molar-refractivity contribution in [2.24, 2.45) is 0 Å². The Morgan fingerprint density at radius 3 is 2.48 bits per heavy atom. The van der Waals surface area contributed by atoms with Crippen molar-refractivity contribution in [2.45, 2.75) is 13.8 Å². The Morgan fingerprint density at radius 1 is 1.15 bits per heavy atom. The number of halogens is 1. The molecule has 1 aliphatic heterocycles. The van der Waals surface area contributed by atoms with Crippen LogP contribution in [0.4, 0.5) is 15.8 Å². The molecule has 1 aliphatic rings. The molecule has 4 rings (SSSR count). The smallest absolute Gasteiger partial charge is 0.266 e. The third-order valence-electron chi connectivity index (χ3n) is 5.12. The lowest BCUT2D eigenvalue weighted by Gasteiger charge is -2.36. The van der Waals surface area contributed by atoms with E-state index < -0.39 is 0 Å². The summed E-state index contributed by atoms with van der Waals surface area (Å²) in [7, 11) is 0. The van der Waals surface area contributed by atoms with Gasteiger partial charge in [-0.1, -0.05) is 0 Å². The number of anilines is 2. The highest BCUT2D eigenvalue weighted by molar-refractivity contribution is 7.21. The van der Waals surface area contributed by atoms with Gasteiger partial charge in [-0.15, -0.1) is 11.3 Å². The molecule has 7 heteroatoms. The topological polar surface area (TPSA) is 62.5 Å². The number of nitrogen functional groups attached to an aromatic ring is 1. The van der Waals surface area contributed by atoms with E-state index in [0.29, 0.717) is 36.7 Å². The normalized spacial score (nSPS) is 14.8. The van der Waals surface area contributed by atoms with Gasteiger partial charge in [0.25, 0.3) is 5.91 Å². The molecule has 2 N–H and O–H groups in total. The Hall–Kier alpha value is -2.67. The number of fused-ring (bicyclic) bond motifs is 1. The molecular formula is C20H21FN4OS. The Balaban J connectivity index is 1.52. The highest BCUT2D eigenvalue weighted by atomic mass is 32.1. The second kappa shape index (κ2) is 6.81. The minimum absolute atomic E-state index is 0.0374. The fourth-order valence-corrected chi connectivity index (χ4v) is 4.44. The fraction of sp³-hybridized carbons (Fsp3) is 0.300. The molecule has 1 aromatic carbocycles. The molecule has 0 saturated carbocycles. The SMILES string of the molecule is Cc1cc2c(N)c(C(=O)N3CCN(c4ccc(F)cc4)CC3)sc2nc1C. The standard InChI is InChI=1S/C20H21FN4OS/c1-12-11-16-17(22)18(27-19(16)23-13(12)2)20(26)25-9-7-24(8-10-25)15-5-3-14(21)4-6-15/h3-6,11H,7-10,22H2,1-2H3. The van der Waals surface area contributed by atoms with Crippen LogP contribution < -0.4 is 10.6 Å². The molecule has 0 aliphatic carbocycles. The number of hydrogen-bond acceptors (Lipinski definition) is 5. The molecule has 140 valence electrons. The highest BCUT2D eigenvalue weighted by Gasteiger charge is 2.26. The van der Waals surface area contributed by atoms with Crippen LogP contribution in [0.5, 0.6) is 0 Å². The summed E-state index contributed by atoms with van der Waals surface area (Å²) in [6.07, 6.45) is 0. The number of nitrogens with zero attached hydrogens (tertiary/aromatic N) is 3. The average Bonchev–Trinajstić information content (AvgIpc) is 2.98. The van der Waals surface area contributed by atoms with E-state index in [0.717, 1.165) is 27.2 Å². The molecule has 1 amide bonds. The van der Waals surface area contributed by atoms with Crippen LogP contribution in [0.1, 0.15) is 20.9 Å². The monoisotopic (exact) mass is 384 g/mol. The average molecular weight is 384 g/mol. The molecule has 0 atom stereocenters. The van der Waals surface area contributed by atoms with Crippen LogP contribution in [0.2, 0.25) is 0 Å². The Morgan fingerprint density at radius 2 is 1.81 bits per heavy atom. The van der Waals surface area contributed by atoms with Crippen LogP contribution in [0.25, 0.3) is 10.2 Å². The maximum Gasteiger partial charge on any atom is 0.266 e. The summed E-state index contributed by atoms with van der Waals surface area (Å²) in [4.78, 5) is 22.9. The van der Waals surface area contributed by atoms with E-state index in [2.05, 4.69) is 9.88 Å². The van der Waals surface area contributed by atoms with Crippen molar-refractivity contribution >= 4 is 38.8 Å². The number of rotatable bonds is 2. The third kappa shape index (κ3) is 3.23. The minimum Gasteiger partial charge on any atom is -0.397 e. The van der Waals surface area contributed by atoms with Crippen molar-refractivity contribution in [2.75, 3.05) is 36.8 Å². The Bertz CT molecular complexity index is 1010. The maximum absolute atomic E-state index is 13.1. The molecule has 1 saturated heterocycles. The highest BCUT2D eigenvalue weighted by Crippen LogP contribution is 2.34. The summed E-state index contributed by atoms with van der Waals surface area (Å²) in [6, 6.07) is 8.47. The molecule has 1 fully saturated rings. The second-order valence-electron chi connectivity index (χ2n) is 6.84. The summed E-state index contributed by atoms with van der Waals surface area (Å²) in [5, 5.41) is 0.858. The first-order chi connectivity index (χ1) is 12.9. The molecule has 0 bridgehead atoms. The second-order valence-corrected chi connectivity index (χ2v) is 7.84. The molecule has 3 aromatic rings. The first kappa shape index (κ1) is 17.7. The maximum atomic E-state index is 13.1. The molecule has 3 heterocycles. The van der Waals surface area contributed by atoms with Gasteiger partial charge < -0.3 is 15.5 Å². The predicted octanol–water partition coefficient (Wildman–Crippen LogP) is 3.60. The number of piperazine rings is 1. The van der Waals surface area contributed by atoms with E-state index in [1.165, 1.54) is 23.5 Å². The number of pyridine rings is 1. The minimum atomic E-state index is -0.244. The number of carbonyl (C=O) groups excluding carboxylic acids is 1. The van der Waals surface area contributed by atoms with Gasteiger partial charge in [-0.05, 0) is 49.7 Å². The Kier molecular flexibility index (Phi) is 4.47. The van der Waals surface area contributed by atoms with Gasteiger partial charge in [-0.25, -0.2) is 9.37 Å². The van der Waals surface area contributed by atoms with Crippen molar-refractivity contribution in [1.82, 2.24) is 9.88 Å². The lowest BCUT2D eigenvalue weighted by atomic mass is 10.1. The summed E-state index contributed by atoms with van der Waals surface area (Å²) in [5.74, 6) is -0.281. The van der Waals surface area contributed by atoms with Crippen LogP contribution in [0.3, 0.4) is 0 Å². The van der Waals surface area contributed by atoms with Crippen LogP contribution >= 0.6 is 11.3 Å². The van der Waals surface area contributed by atoms with E-state index in [1.54, 1.807) is 12.1 Å². The van der Waals surface area contributed by atoms with Gasteiger partial charge >= 0.3 is 0 Å². The van der Waals surface area contributed by atoms with Gasteiger partial charge in [0.15, 0.2) is 0 Å². The summed E-state index contributed by atoms with van der Waals surface area (Å²) >= 11 is 1.36. The van der Waals surface area contributed by atoms with Crippen LogP contribution in [-0.2, 0) is 0 Å². The number of nitrogens with two attached hydrogens (primary N) is 1. The third-order valence-corrected chi connectivity index (χ3v) is 6.22. The van der Waals surface area contributed by atoms with Crippen molar-refractivity contribution in [3.63, 3.8) is 0 Å². The van der Waals surface area contributed by atoms with Gasteiger partial charge in [0.2, 0.25) is 0 Å². The number of hydrogen-bond donors (Lipinski definition) is 1. The molecule has 0 spiro atoms. The number of benzene rings is 1. The lowest BCUT2D eigenvalue weighted by molar-refractivity contribution is 0.0752. The lowest BCUT2D eigenvalue weighted by Crippen LogP contribution is -2.48. The molecule has 27 heavy (non-hydrogen) atoms. The van der Waals surface area contributed by atoms with Gasteiger partial charge in [-0.3, -0.25) is 4.79 Å². The molecule has 0 radical (unpaired) electrons. The van der Waals surface area contributed by atoms with Crippen molar-refractivity contribution < 1.29 is 9.18 Å². The number of carbonyl (C=O) groups is 1. The van der Waals surface area contributed by atoms with E-state index >= 15 is 0 Å². The van der Waals surface area contributed by atoms with E-state index in [1.807, 2.05) is 24.8 Å². The van der Waals surface area contributed by atoms with Crippen LogP contribution in [0.15, 0.2) is 30.3 Å². The van der Waals surface area contributed by atoms with Crippen molar-refractivity contribution in [1.29, 1.82) is 0 Å². The zero-order valence-electron chi connectivity index (χ0n) is 15.3. The van der Waals surface area contributed by atoms with Gasteiger partial charge in [0.1, 0.15) is 15.5 Å². The zero-order chi connectivity index (χ0) is 19.1. The zero-order valence-corrected chi connectivity index (χ0v) is 16.1. The molecular weight excluding hydrogens is 363 g/mol. The van der Waals surface area contributed by atoms with E-state index in [-0.39, 0.29) is 11.7 Å². The van der Waals surface area contributed by atoms with Gasteiger partial charge in [-0.2, -0.15) is 0 Å². The van der Waals surface area contributed by atoms with E-state index in [9.17, 15) is 9.18 Å². The van der Waals surface area contributed by atoms with Crippen LogP contribution in [0, 0.1) is 19.7 Å². The summed E-state index contributed by atoms with van der Waals surface area (Å²) in [5.41, 5.74) is 9.79.